The number of carbonyl (C=O) groups is 1. The Hall–Kier alpha value is -2.08. The SMILES string of the molecule is O=C(OC1CCCC1Cc1ccc(Cl)cc1)c1cc(C2CC2)nc(C(F)(F)F)c1. The minimum absolute atomic E-state index is 0.00739. The number of rotatable bonds is 5. The van der Waals surface area contributed by atoms with Crippen LogP contribution in [0, 0.1) is 5.92 Å². The van der Waals surface area contributed by atoms with Gasteiger partial charge in [0.1, 0.15) is 11.8 Å². The quantitative estimate of drug-likeness (QED) is 0.537. The lowest BCUT2D eigenvalue weighted by Gasteiger charge is -2.21. The molecule has 2 saturated carbocycles. The summed E-state index contributed by atoms with van der Waals surface area (Å²) in [4.78, 5) is 16.4. The molecule has 7 heteroatoms. The molecule has 0 radical (unpaired) electrons. The first kappa shape index (κ1) is 20.2. The second kappa shape index (κ2) is 7.98. The van der Waals surface area contributed by atoms with E-state index in [-0.39, 0.29) is 23.5 Å². The van der Waals surface area contributed by atoms with Gasteiger partial charge in [0.15, 0.2) is 0 Å². The van der Waals surface area contributed by atoms with Crippen LogP contribution < -0.4 is 0 Å². The van der Waals surface area contributed by atoms with E-state index in [0.29, 0.717) is 10.7 Å². The number of pyridine rings is 1. The zero-order chi connectivity index (χ0) is 20.6. The number of carbonyl (C=O) groups excluding carboxylic acids is 1. The van der Waals surface area contributed by atoms with E-state index in [2.05, 4.69) is 4.98 Å². The van der Waals surface area contributed by atoms with Crippen molar-refractivity contribution < 1.29 is 22.7 Å². The predicted molar refractivity (Wildman–Crippen MR) is 103 cm³/mol. The number of ether oxygens (including phenoxy) is 1. The van der Waals surface area contributed by atoms with E-state index in [0.717, 1.165) is 50.2 Å². The van der Waals surface area contributed by atoms with Crippen molar-refractivity contribution in [2.45, 2.75) is 56.7 Å². The fourth-order valence-electron chi connectivity index (χ4n) is 3.92. The third-order valence-corrected chi connectivity index (χ3v) is 5.88. The second-order valence-corrected chi connectivity index (χ2v) is 8.34. The van der Waals surface area contributed by atoms with E-state index in [1.807, 2.05) is 24.3 Å². The molecule has 0 N–H and O–H groups in total. The highest BCUT2D eigenvalue weighted by atomic mass is 35.5. The van der Waals surface area contributed by atoms with Gasteiger partial charge in [-0.2, -0.15) is 13.2 Å². The number of aromatic nitrogens is 1. The average molecular weight is 424 g/mol. The number of benzene rings is 1. The molecule has 2 aliphatic rings. The largest absolute Gasteiger partial charge is 0.458 e. The second-order valence-electron chi connectivity index (χ2n) is 7.90. The van der Waals surface area contributed by atoms with Gasteiger partial charge in [0.2, 0.25) is 0 Å². The average Bonchev–Trinajstić information content (AvgIpc) is 3.45. The van der Waals surface area contributed by atoms with E-state index < -0.39 is 17.8 Å². The molecule has 1 aromatic heterocycles. The Labute approximate surface area is 172 Å². The van der Waals surface area contributed by atoms with Crippen molar-refractivity contribution in [3.8, 4) is 0 Å². The maximum Gasteiger partial charge on any atom is 0.433 e. The fraction of sp³-hybridized carbons (Fsp3) is 0.455. The van der Waals surface area contributed by atoms with Crippen molar-refractivity contribution >= 4 is 17.6 Å². The monoisotopic (exact) mass is 423 g/mol. The maximum absolute atomic E-state index is 13.2. The Bertz CT molecular complexity index is 894. The molecule has 2 fully saturated rings. The van der Waals surface area contributed by atoms with Crippen LogP contribution in [-0.2, 0) is 17.3 Å². The van der Waals surface area contributed by atoms with Gasteiger partial charge in [0.05, 0.1) is 5.56 Å². The van der Waals surface area contributed by atoms with Crippen LogP contribution in [0.15, 0.2) is 36.4 Å². The minimum atomic E-state index is -4.59. The van der Waals surface area contributed by atoms with Crippen LogP contribution in [0.5, 0.6) is 0 Å². The molecule has 0 amide bonds. The van der Waals surface area contributed by atoms with Gasteiger partial charge in [-0.25, -0.2) is 9.78 Å². The molecule has 3 nitrogen and oxygen atoms in total. The molecule has 0 bridgehead atoms. The third kappa shape index (κ3) is 4.92. The topological polar surface area (TPSA) is 39.2 Å². The van der Waals surface area contributed by atoms with Crippen molar-refractivity contribution in [3.05, 3.63) is 63.9 Å². The molecule has 2 aliphatic carbocycles. The van der Waals surface area contributed by atoms with E-state index in [9.17, 15) is 18.0 Å². The molecule has 2 atom stereocenters. The Morgan fingerprint density at radius 3 is 2.48 bits per heavy atom. The number of nitrogens with zero attached hydrogens (tertiary/aromatic N) is 1. The van der Waals surface area contributed by atoms with Crippen molar-refractivity contribution in [1.82, 2.24) is 4.98 Å². The first-order valence-electron chi connectivity index (χ1n) is 9.84. The van der Waals surface area contributed by atoms with Crippen molar-refractivity contribution in [2.24, 2.45) is 5.92 Å². The Morgan fingerprint density at radius 2 is 1.83 bits per heavy atom. The number of hydrogen-bond acceptors (Lipinski definition) is 3. The van der Waals surface area contributed by atoms with Crippen LogP contribution in [0.2, 0.25) is 5.02 Å². The van der Waals surface area contributed by atoms with Gasteiger partial charge in [0, 0.05) is 16.6 Å². The number of halogens is 4. The minimum Gasteiger partial charge on any atom is -0.458 e. The van der Waals surface area contributed by atoms with Crippen LogP contribution in [-0.4, -0.2) is 17.1 Å². The molecular formula is C22H21ClF3NO2. The summed E-state index contributed by atoms with van der Waals surface area (Å²) in [5, 5.41) is 0.660. The van der Waals surface area contributed by atoms with E-state index in [4.69, 9.17) is 16.3 Å². The first-order chi connectivity index (χ1) is 13.8. The highest BCUT2D eigenvalue weighted by Gasteiger charge is 2.37. The standard InChI is InChI=1S/C22H21ClF3NO2/c23-17-8-4-13(5-9-17)10-15-2-1-3-19(15)29-21(28)16-11-18(14-6-7-14)27-20(12-16)22(24,25)26/h4-5,8-9,11-12,14-15,19H,1-3,6-7,10H2. The van der Waals surface area contributed by atoms with Crippen LogP contribution in [0.4, 0.5) is 13.2 Å². The Balaban J connectivity index is 1.49. The predicted octanol–water partition coefficient (Wildman–Crippen LogP) is 6.20. The smallest absolute Gasteiger partial charge is 0.433 e. The number of alkyl halides is 3. The molecule has 1 aromatic carbocycles. The highest BCUT2D eigenvalue weighted by Crippen LogP contribution is 2.41. The maximum atomic E-state index is 13.2. The lowest BCUT2D eigenvalue weighted by Crippen LogP contribution is -2.24. The molecular weight excluding hydrogens is 403 g/mol. The van der Waals surface area contributed by atoms with Crippen LogP contribution in [0.3, 0.4) is 0 Å². The molecule has 1 heterocycles. The van der Waals surface area contributed by atoms with Gasteiger partial charge >= 0.3 is 12.1 Å². The summed E-state index contributed by atoms with van der Waals surface area (Å²) in [7, 11) is 0. The molecule has 154 valence electrons. The third-order valence-electron chi connectivity index (χ3n) is 5.63. The molecule has 0 aliphatic heterocycles. The van der Waals surface area contributed by atoms with Crippen LogP contribution in [0.1, 0.15) is 65.3 Å². The zero-order valence-corrected chi connectivity index (χ0v) is 16.5. The molecule has 4 rings (SSSR count). The summed E-state index contributed by atoms with van der Waals surface area (Å²) in [5.74, 6) is -0.548. The molecule has 29 heavy (non-hydrogen) atoms. The highest BCUT2D eigenvalue weighted by molar-refractivity contribution is 6.30. The Morgan fingerprint density at radius 1 is 1.10 bits per heavy atom. The van der Waals surface area contributed by atoms with Crippen LogP contribution in [0.25, 0.3) is 0 Å². The normalized spacial score (nSPS) is 21.9. The number of esters is 1. The van der Waals surface area contributed by atoms with Crippen LogP contribution >= 0.6 is 11.6 Å². The van der Waals surface area contributed by atoms with Gasteiger partial charge in [-0.1, -0.05) is 23.7 Å². The van der Waals surface area contributed by atoms with E-state index in [1.54, 1.807) is 0 Å². The lowest BCUT2D eigenvalue weighted by molar-refractivity contribution is -0.141. The zero-order valence-electron chi connectivity index (χ0n) is 15.7. The lowest BCUT2D eigenvalue weighted by atomic mass is 9.96. The van der Waals surface area contributed by atoms with Gasteiger partial charge in [-0.15, -0.1) is 0 Å². The fourth-order valence-corrected chi connectivity index (χ4v) is 4.05. The molecule has 0 saturated heterocycles. The van der Waals surface area contributed by atoms with E-state index in [1.165, 1.54) is 6.07 Å². The van der Waals surface area contributed by atoms with E-state index >= 15 is 0 Å². The van der Waals surface area contributed by atoms with Crippen molar-refractivity contribution in [2.75, 3.05) is 0 Å². The summed E-state index contributed by atoms with van der Waals surface area (Å²) in [6.07, 6.45) is 0.00724. The van der Waals surface area contributed by atoms with Gasteiger partial charge < -0.3 is 4.74 Å². The van der Waals surface area contributed by atoms with Crippen molar-refractivity contribution in [1.29, 1.82) is 0 Å². The van der Waals surface area contributed by atoms with Gasteiger partial charge in [0.25, 0.3) is 0 Å². The molecule has 2 aromatic rings. The first-order valence-corrected chi connectivity index (χ1v) is 10.2. The Kier molecular flexibility index (Phi) is 5.56. The summed E-state index contributed by atoms with van der Waals surface area (Å²) >= 11 is 5.92. The summed E-state index contributed by atoms with van der Waals surface area (Å²) in [6.45, 7) is 0. The summed E-state index contributed by atoms with van der Waals surface area (Å²) in [5.41, 5.74) is 0.335. The van der Waals surface area contributed by atoms with Gasteiger partial charge in [-0.05, 0) is 74.3 Å². The van der Waals surface area contributed by atoms with Gasteiger partial charge in [-0.3, -0.25) is 0 Å². The molecule has 0 spiro atoms. The molecule has 2 unspecified atom stereocenters. The summed E-state index contributed by atoms with van der Waals surface area (Å²) < 4.78 is 45.3. The number of hydrogen-bond donors (Lipinski definition) is 0. The van der Waals surface area contributed by atoms with Crippen molar-refractivity contribution in [3.63, 3.8) is 0 Å². The summed E-state index contributed by atoms with van der Waals surface area (Å²) in [6, 6.07) is 9.79.